The second-order valence-electron chi connectivity index (χ2n) is 7.00. The topological polar surface area (TPSA) is 49.9 Å². The Labute approximate surface area is 186 Å². The Kier molecular flexibility index (Phi) is 6.11. The molecule has 0 N–H and O–H groups in total. The van der Waals surface area contributed by atoms with E-state index in [1.807, 2.05) is 43.3 Å². The van der Waals surface area contributed by atoms with Crippen molar-refractivity contribution in [3.8, 4) is 5.75 Å². The van der Waals surface area contributed by atoms with Gasteiger partial charge in [0.2, 0.25) is 10.0 Å². The van der Waals surface area contributed by atoms with Crippen molar-refractivity contribution in [3.05, 3.63) is 64.6 Å². The molecular weight excluding hydrogens is 443 g/mol. The Morgan fingerprint density at radius 2 is 1.60 bits per heavy atom. The van der Waals surface area contributed by atoms with E-state index in [9.17, 15) is 8.42 Å². The molecule has 1 aliphatic heterocycles. The number of rotatable bonds is 5. The van der Waals surface area contributed by atoms with Crippen LogP contribution in [0, 0.1) is 0 Å². The maximum absolute atomic E-state index is 13.5. The molecule has 8 heteroatoms. The Hall–Kier alpha value is -1.99. The first-order chi connectivity index (χ1) is 14.4. The third kappa shape index (κ3) is 3.85. The Balaban J connectivity index is 1.61. The maximum Gasteiger partial charge on any atom is 0.243 e. The standard InChI is InChI=1S/C22H22Cl2N2O3S/c1-2-29-20-10-11-21(17-7-4-3-6-16(17)20)30(27,28)26-14-12-25(13-15-26)19-9-5-8-18(23)22(19)24/h3-11H,2,12-15H2,1H3. The molecule has 1 saturated heterocycles. The molecule has 1 heterocycles. The van der Waals surface area contributed by atoms with Crippen LogP contribution in [0.25, 0.3) is 10.8 Å². The molecule has 0 aliphatic carbocycles. The van der Waals surface area contributed by atoms with Gasteiger partial charge in [0, 0.05) is 37.0 Å². The molecule has 0 atom stereocenters. The fraction of sp³-hybridized carbons (Fsp3) is 0.273. The van der Waals surface area contributed by atoms with Gasteiger partial charge >= 0.3 is 0 Å². The highest BCUT2D eigenvalue weighted by Crippen LogP contribution is 2.35. The van der Waals surface area contributed by atoms with Crippen LogP contribution < -0.4 is 9.64 Å². The Morgan fingerprint density at radius 1 is 0.900 bits per heavy atom. The largest absolute Gasteiger partial charge is 0.493 e. The summed E-state index contributed by atoms with van der Waals surface area (Å²) in [6.45, 7) is 4.23. The van der Waals surface area contributed by atoms with Crippen molar-refractivity contribution < 1.29 is 13.2 Å². The van der Waals surface area contributed by atoms with Gasteiger partial charge in [-0.3, -0.25) is 0 Å². The first kappa shape index (κ1) is 21.2. The summed E-state index contributed by atoms with van der Waals surface area (Å²) in [6, 6.07) is 16.3. The monoisotopic (exact) mass is 464 g/mol. The molecule has 0 radical (unpaired) electrons. The lowest BCUT2D eigenvalue weighted by molar-refractivity contribution is 0.344. The molecule has 0 amide bonds. The summed E-state index contributed by atoms with van der Waals surface area (Å²) in [7, 11) is -3.65. The van der Waals surface area contributed by atoms with Crippen molar-refractivity contribution in [2.45, 2.75) is 11.8 Å². The number of anilines is 1. The molecule has 5 nitrogen and oxygen atoms in total. The maximum atomic E-state index is 13.5. The average Bonchev–Trinajstić information content (AvgIpc) is 2.76. The quantitative estimate of drug-likeness (QED) is 0.529. The van der Waals surface area contributed by atoms with E-state index in [4.69, 9.17) is 27.9 Å². The summed E-state index contributed by atoms with van der Waals surface area (Å²) >= 11 is 12.5. The van der Waals surface area contributed by atoms with Gasteiger partial charge in [0.25, 0.3) is 0 Å². The van der Waals surface area contributed by atoms with E-state index in [0.717, 1.165) is 11.1 Å². The molecule has 1 fully saturated rings. The highest BCUT2D eigenvalue weighted by atomic mass is 35.5. The number of hydrogen-bond donors (Lipinski definition) is 0. The van der Waals surface area contributed by atoms with E-state index in [0.29, 0.717) is 58.9 Å². The second kappa shape index (κ2) is 8.63. The molecule has 3 aromatic rings. The third-order valence-electron chi connectivity index (χ3n) is 5.27. The van der Waals surface area contributed by atoms with E-state index in [1.54, 1.807) is 18.2 Å². The molecule has 3 aromatic carbocycles. The number of sulfonamides is 1. The minimum atomic E-state index is -3.65. The second-order valence-corrected chi connectivity index (χ2v) is 9.70. The van der Waals surface area contributed by atoms with Gasteiger partial charge in [0.1, 0.15) is 5.75 Å². The van der Waals surface area contributed by atoms with Gasteiger partial charge in [0.15, 0.2) is 0 Å². The van der Waals surface area contributed by atoms with Crippen molar-refractivity contribution in [1.29, 1.82) is 0 Å². The van der Waals surface area contributed by atoms with Gasteiger partial charge in [0.05, 0.1) is 27.2 Å². The summed E-state index contributed by atoms with van der Waals surface area (Å²) in [6.07, 6.45) is 0. The fourth-order valence-electron chi connectivity index (χ4n) is 3.80. The van der Waals surface area contributed by atoms with Crippen LogP contribution in [0.2, 0.25) is 10.0 Å². The van der Waals surface area contributed by atoms with E-state index < -0.39 is 10.0 Å². The predicted molar refractivity (Wildman–Crippen MR) is 123 cm³/mol. The number of halogens is 2. The van der Waals surface area contributed by atoms with Crippen LogP contribution >= 0.6 is 23.2 Å². The molecule has 158 valence electrons. The summed E-state index contributed by atoms with van der Waals surface area (Å²) in [5, 5.41) is 2.45. The number of ether oxygens (including phenoxy) is 1. The summed E-state index contributed by atoms with van der Waals surface area (Å²) in [4.78, 5) is 2.37. The average molecular weight is 465 g/mol. The van der Waals surface area contributed by atoms with Gasteiger partial charge in [-0.15, -0.1) is 0 Å². The lowest BCUT2D eigenvalue weighted by Gasteiger charge is -2.36. The number of fused-ring (bicyclic) bond motifs is 1. The normalized spacial score (nSPS) is 15.5. The number of benzene rings is 3. The molecule has 0 saturated carbocycles. The van der Waals surface area contributed by atoms with Gasteiger partial charge in [-0.2, -0.15) is 4.31 Å². The SMILES string of the molecule is CCOc1ccc(S(=O)(=O)N2CCN(c3cccc(Cl)c3Cl)CC2)c2ccccc12. The van der Waals surface area contributed by atoms with Crippen LogP contribution in [-0.2, 0) is 10.0 Å². The zero-order chi connectivity index (χ0) is 21.3. The Bertz CT molecular complexity index is 1180. The zero-order valence-electron chi connectivity index (χ0n) is 16.5. The van der Waals surface area contributed by atoms with E-state index in [-0.39, 0.29) is 0 Å². The third-order valence-corrected chi connectivity index (χ3v) is 8.04. The van der Waals surface area contributed by atoms with Gasteiger partial charge in [-0.05, 0) is 31.2 Å². The molecule has 0 unspecified atom stereocenters. The fourth-order valence-corrected chi connectivity index (χ4v) is 5.83. The van der Waals surface area contributed by atoms with Crippen LogP contribution in [0.5, 0.6) is 5.75 Å². The number of piperazine rings is 1. The van der Waals surface area contributed by atoms with Crippen LogP contribution in [0.4, 0.5) is 5.69 Å². The molecule has 0 bridgehead atoms. The van der Waals surface area contributed by atoms with Crippen molar-refractivity contribution in [2.75, 3.05) is 37.7 Å². The highest BCUT2D eigenvalue weighted by molar-refractivity contribution is 7.89. The first-order valence-electron chi connectivity index (χ1n) is 9.77. The molecule has 1 aliphatic rings. The zero-order valence-corrected chi connectivity index (χ0v) is 18.8. The smallest absolute Gasteiger partial charge is 0.243 e. The summed E-state index contributed by atoms with van der Waals surface area (Å²) in [5.41, 5.74) is 0.827. The van der Waals surface area contributed by atoms with Crippen LogP contribution in [0.15, 0.2) is 59.5 Å². The van der Waals surface area contributed by atoms with Crippen LogP contribution in [0.1, 0.15) is 6.92 Å². The predicted octanol–water partition coefficient (Wildman–Crippen LogP) is 5.06. The summed E-state index contributed by atoms with van der Waals surface area (Å²) in [5.74, 6) is 0.687. The summed E-state index contributed by atoms with van der Waals surface area (Å²) < 4.78 is 34.1. The first-order valence-corrected chi connectivity index (χ1v) is 12.0. The molecule has 4 rings (SSSR count). The Morgan fingerprint density at radius 3 is 2.30 bits per heavy atom. The van der Waals surface area contributed by atoms with Crippen molar-refractivity contribution >= 4 is 49.7 Å². The van der Waals surface area contributed by atoms with Crippen LogP contribution in [0.3, 0.4) is 0 Å². The molecule has 0 spiro atoms. The van der Waals surface area contributed by atoms with Crippen LogP contribution in [-0.4, -0.2) is 45.5 Å². The van der Waals surface area contributed by atoms with E-state index in [2.05, 4.69) is 4.90 Å². The minimum absolute atomic E-state index is 0.302. The van der Waals surface area contributed by atoms with E-state index >= 15 is 0 Å². The lowest BCUT2D eigenvalue weighted by Crippen LogP contribution is -2.48. The molecular formula is C22H22Cl2N2O3S. The van der Waals surface area contributed by atoms with Crippen molar-refractivity contribution in [3.63, 3.8) is 0 Å². The highest BCUT2D eigenvalue weighted by Gasteiger charge is 2.31. The minimum Gasteiger partial charge on any atom is -0.493 e. The van der Waals surface area contributed by atoms with Crippen molar-refractivity contribution in [1.82, 2.24) is 4.31 Å². The van der Waals surface area contributed by atoms with Crippen molar-refractivity contribution in [2.24, 2.45) is 0 Å². The molecule has 30 heavy (non-hydrogen) atoms. The van der Waals surface area contributed by atoms with Gasteiger partial charge in [-0.25, -0.2) is 8.42 Å². The van der Waals surface area contributed by atoms with Gasteiger partial charge in [-0.1, -0.05) is 53.5 Å². The lowest BCUT2D eigenvalue weighted by atomic mass is 10.1. The number of hydrogen-bond acceptors (Lipinski definition) is 4. The number of nitrogens with zero attached hydrogens (tertiary/aromatic N) is 2. The molecule has 0 aromatic heterocycles. The van der Waals surface area contributed by atoms with E-state index in [1.165, 1.54) is 4.31 Å². The van der Waals surface area contributed by atoms with Gasteiger partial charge < -0.3 is 9.64 Å².